The zero-order chi connectivity index (χ0) is 15.0. The number of carbonyl (C=O) groups excluding carboxylic acids is 1. The molecule has 0 bridgehead atoms. The van der Waals surface area contributed by atoms with Crippen molar-refractivity contribution in [2.45, 2.75) is 13.0 Å². The number of H-pyrrole nitrogens is 1. The fourth-order valence-electron chi connectivity index (χ4n) is 2.20. The number of halogens is 3. The van der Waals surface area contributed by atoms with Gasteiger partial charge in [0, 0.05) is 30.8 Å². The second-order valence-electron chi connectivity index (χ2n) is 4.63. The number of aromatic nitrogens is 2. The van der Waals surface area contributed by atoms with E-state index < -0.39 is 28.9 Å². The summed E-state index contributed by atoms with van der Waals surface area (Å²) in [4.78, 5) is 12.0. The van der Waals surface area contributed by atoms with E-state index in [1.165, 1.54) is 0 Å². The fraction of sp³-hybridized carbons (Fsp3) is 0.231. The lowest BCUT2D eigenvalue weighted by atomic mass is 10.1. The van der Waals surface area contributed by atoms with Crippen LogP contribution < -0.4 is 10.6 Å². The van der Waals surface area contributed by atoms with Crippen LogP contribution in [0.5, 0.6) is 0 Å². The van der Waals surface area contributed by atoms with E-state index in [-0.39, 0.29) is 5.82 Å². The number of nitrogens with zero attached hydrogens (tertiary/aromatic N) is 1. The van der Waals surface area contributed by atoms with Gasteiger partial charge in [0.2, 0.25) is 0 Å². The minimum absolute atomic E-state index is 0.256. The number of nitrogens with one attached hydrogen (secondary N) is 3. The number of hydrogen-bond acceptors (Lipinski definition) is 3. The molecule has 0 atom stereocenters. The van der Waals surface area contributed by atoms with Gasteiger partial charge >= 0.3 is 0 Å². The maximum atomic E-state index is 13.6. The Bertz CT molecular complexity index is 714. The monoisotopic (exact) mass is 296 g/mol. The van der Waals surface area contributed by atoms with Crippen LogP contribution in [0.1, 0.15) is 21.6 Å². The topological polar surface area (TPSA) is 69.8 Å². The standard InChI is InChI=1S/C13H11F3N4O/c14-8-2-1-6(10(15)11(8)16)13(21)18-12-7-5-17-4-3-9(7)19-20-12/h1-2,17H,3-5H2,(H2,18,19,20,21). The van der Waals surface area contributed by atoms with Crippen molar-refractivity contribution in [2.24, 2.45) is 0 Å². The molecule has 0 saturated heterocycles. The zero-order valence-electron chi connectivity index (χ0n) is 10.8. The first-order valence-electron chi connectivity index (χ1n) is 6.29. The van der Waals surface area contributed by atoms with Crippen molar-refractivity contribution >= 4 is 11.7 Å². The number of carbonyl (C=O) groups is 1. The molecule has 110 valence electrons. The zero-order valence-corrected chi connectivity index (χ0v) is 10.8. The molecule has 8 heteroatoms. The second-order valence-corrected chi connectivity index (χ2v) is 4.63. The molecule has 1 aromatic carbocycles. The summed E-state index contributed by atoms with van der Waals surface area (Å²) < 4.78 is 39.6. The molecule has 0 aliphatic carbocycles. The quantitative estimate of drug-likeness (QED) is 0.739. The number of anilines is 1. The van der Waals surface area contributed by atoms with Crippen LogP contribution in [0.15, 0.2) is 12.1 Å². The van der Waals surface area contributed by atoms with Gasteiger partial charge in [0.25, 0.3) is 5.91 Å². The lowest BCUT2D eigenvalue weighted by Crippen LogP contribution is -2.24. The normalized spacial score (nSPS) is 13.9. The summed E-state index contributed by atoms with van der Waals surface area (Å²) in [6.07, 6.45) is 0.734. The number of aromatic amines is 1. The third-order valence-corrected chi connectivity index (χ3v) is 3.32. The summed E-state index contributed by atoms with van der Waals surface area (Å²) in [5.74, 6) is -5.16. The highest BCUT2D eigenvalue weighted by atomic mass is 19.2. The van der Waals surface area contributed by atoms with Gasteiger partial charge in [-0.2, -0.15) is 5.10 Å². The lowest BCUT2D eigenvalue weighted by molar-refractivity contribution is 0.102. The molecule has 3 rings (SSSR count). The van der Waals surface area contributed by atoms with E-state index in [1.807, 2.05) is 0 Å². The van der Waals surface area contributed by atoms with Crippen LogP contribution in [0, 0.1) is 17.5 Å². The molecular formula is C13H11F3N4O. The van der Waals surface area contributed by atoms with E-state index in [0.29, 0.717) is 12.6 Å². The molecule has 0 fully saturated rings. The van der Waals surface area contributed by atoms with Crippen LogP contribution in [0.25, 0.3) is 0 Å². The summed E-state index contributed by atoms with van der Waals surface area (Å²) in [7, 11) is 0. The van der Waals surface area contributed by atoms with Gasteiger partial charge in [-0.15, -0.1) is 0 Å². The molecule has 0 unspecified atom stereocenters. The molecule has 0 radical (unpaired) electrons. The Labute approximate surface area is 117 Å². The largest absolute Gasteiger partial charge is 0.312 e. The molecule has 5 nitrogen and oxygen atoms in total. The number of hydrogen-bond donors (Lipinski definition) is 3. The van der Waals surface area contributed by atoms with E-state index in [4.69, 9.17) is 0 Å². The molecule has 3 N–H and O–H groups in total. The molecule has 1 amide bonds. The molecule has 1 aliphatic heterocycles. The average molecular weight is 296 g/mol. The van der Waals surface area contributed by atoms with Crippen molar-refractivity contribution in [3.8, 4) is 0 Å². The molecule has 21 heavy (non-hydrogen) atoms. The van der Waals surface area contributed by atoms with Gasteiger partial charge in [0.1, 0.15) is 0 Å². The van der Waals surface area contributed by atoms with E-state index in [0.717, 1.165) is 30.3 Å². The Kier molecular flexibility index (Phi) is 3.38. The number of fused-ring (bicyclic) bond motifs is 1. The SMILES string of the molecule is O=C(Nc1n[nH]c2c1CNCC2)c1ccc(F)c(F)c1F. The van der Waals surface area contributed by atoms with Crippen molar-refractivity contribution < 1.29 is 18.0 Å². The third kappa shape index (κ3) is 2.38. The first-order chi connectivity index (χ1) is 10.1. The minimum Gasteiger partial charge on any atom is -0.312 e. The van der Waals surface area contributed by atoms with E-state index in [9.17, 15) is 18.0 Å². The van der Waals surface area contributed by atoms with Crippen LogP contribution in [0.4, 0.5) is 19.0 Å². The van der Waals surface area contributed by atoms with Crippen LogP contribution in [0.3, 0.4) is 0 Å². The van der Waals surface area contributed by atoms with Crippen LogP contribution in [0.2, 0.25) is 0 Å². The highest BCUT2D eigenvalue weighted by Crippen LogP contribution is 2.21. The summed E-state index contributed by atoms with van der Waals surface area (Å²) >= 11 is 0. The van der Waals surface area contributed by atoms with Gasteiger partial charge in [-0.1, -0.05) is 0 Å². The van der Waals surface area contributed by atoms with Crippen molar-refractivity contribution in [2.75, 3.05) is 11.9 Å². The Hall–Kier alpha value is -2.35. The van der Waals surface area contributed by atoms with Crippen LogP contribution in [-0.2, 0) is 13.0 Å². The summed E-state index contributed by atoms with van der Waals surface area (Å²) in [5, 5.41) is 12.2. The van der Waals surface area contributed by atoms with Gasteiger partial charge in [-0.05, 0) is 12.1 Å². The molecule has 2 aromatic rings. The predicted molar refractivity (Wildman–Crippen MR) is 68.3 cm³/mol. The maximum Gasteiger partial charge on any atom is 0.259 e. The smallest absolute Gasteiger partial charge is 0.259 e. The van der Waals surface area contributed by atoms with E-state index in [2.05, 4.69) is 20.8 Å². The number of rotatable bonds is 2. The molecule has 2 heterocycles. The van der Waals surface area contributed by atoms with Crippen molar-refractivity contribution in [3.63, 3.8) is 0 Å². The van der Waals surface area contributed by atoms with Gasteiger partial charge in [-0.3, -0.25) is 9.89 Å². The fourth-order valence-corrected chi connectivity index (χ4v) is 2.20. The third-order valence-electron chi connectivity index (χ3n) is 3.32. The van der Waals surface area contributed by atoms with Gasteiger partial charge < -0.3 is 10.6 Å². The average Bonchev–Trinajstić information content (AvgIpc) is 2.88. The van der Waals surface area contributed by atoms with Gasteiger partial charge in [0.15, 0.2) is 23.3 Å². The summed E-state index contributed by atoms with van der Waals surface area (Å²) in [6.45, 7) is 1.31. The second kappa shape index (κ2) is 5.21. The van der Waals surface area contributed by atoms with Crippen molar-refractivity contribution in [1.82, 2.24) is 15.5 Å². The molecule has 0 saturated carbocycles. The highest BCUT2D eigenvalue weighted by Gasteiger charge is 2.22. The highest BCUT2D eigenvalue weighted by molar-refractivity contribution is 6.04. The van der Waals surface area contributed by atoms with E-state index >= 15 is 0 Å². The summed E-state index contributed by atoms with van der Waals surface area (Å²) in [5.41, 5.74) is 1.09. The van der Waals surface area contributed by atoms with Gasteiger partial charge in [-0.25, -0.2) is 13.2 Å². The van der Waals surface area contributed by atoms with E-state index in [1.54, 1.807) is 0 Å². The Balaban J connectivity index is 1.87. The van der Waals surface area contributed by atoms with Crippen LogP contribution in [-0.4, -0.2) is 22.6 Å². The lowest BCUT2D eigenvalue weighted by Gasteiger charge is -2.13. The van der Waals surface area contributed by atoms with Gasteiger partial charge in [0.05, 0.1) is 5.56 Å². The first kappa shape index (κ1) is 13.6. The predicted octanol–water partition coefficient (Wildman–Crippen LogP) is 1.72. The minimum atomic E-state index is -1.67. The Morgan fingerprint density at radius 2 is 2.05 bits per heavy atom. The maximum absolute atomic E-state index is 13.6. The van der Waals surface area contributed by atoms with Crippen molar-refractivity contribution in [3.05, 3.63) is 46.4 Å². The van der Waals surface area contributed by atoms with Crippen LogP contribution >= 0.6 is 0 Å². The molecule has 1 aromatic heterocycles. The molecule has 1 aliphatic rings. The summed E-state index contributed by atoms with van der Waals surface area (Å²) in [6, 6.07) is 1.59. The number of amides is 1. The Morgan fingerprint density at radius 3 is 2.86 bits per heavy atom. The number of benzene rings is 1. The molecule has 0 spiro atoms. The van der Waals surface area contributed by atoms with Crippen molar-refractivity contribution in [1.29, 1.82) is 0 Å². The first-order valence-corrected chi connectivity index (χ1v) is 6.29. The Morgan fingerprint density at radius 1 is 1.24 bits per heavy atom. The molecular weight excluding hydrogens is 285 g/mol.